The van der Waals surface area contributed by atoms with Gasteiger partial charge in [0.1, 0.15) is 5.75 Å². The fourth-order valence-corrected chi connectivity index (χ4v) is 1.61. The summed E-state index contributed by atoms with van der Waals surface area (Å²) in [5.41, 5.74) is 2.21. The van der Waals surface area contributed by atoms with Gasteiger partial charge in [0, 0.05) is 13.6 Å². The standard InChI is InChI=1S/C14H18N2O2/c1-11-7-12(2)9-13(8-11)18-10-14(17)16(3)6-4-5-15/h7-9H,4,6,10H2,1-3H3. The number of aryl methyl sites for hydroxylation is 2. The molecule has 0 aromatic heterocycles. The smallest absolute Gasteiger partial charge is 0.260 e. The molecule has 4 nitrogen and oxygen atoms in total. The first-order valence-corrected chi connectivity index (χ1v) is 5.85. The zero-order chi connectivity index (χ0) is 13.5. The molecule has 1 rings (SSSR count). The van der Waals surface area contributed by atoms with E-state index in [9.17, 15) is 4.79 Å². The molecule has 96 valence electrons. The summed E-state index contributed by atoms with van der Waals surface area (Å²) >= 11 is 0. The van der Waals surface area contributed by atoms with E-state index in [1.807, 2.05) is 38.1 Å². The molecule has 1 amide bonds. The van der Waals surface area contributed by atoms with Crippen molar-refractivity contribution in [2.75, 3.05) is 20.2 Å². The minimum Gasteiger partial charge on any atom is -0.484 e. The van der Waals surface area contributed by atoms with Gasteiger partial charge in [-0.2, -0.15) is 5.26 Å². The van der Waals surface area contributed by atoms with Crippen LogP contribution in [0.15, 0.2) is 18.2 Å². The predicted octanol–water partition coefficient (Wildman–Crippen LogP) is 2.05. The van der Waals surface area contributed by atoms with Crippen molar-refractivity contribution in [2.24, 2.45) is 0 Å². The molecule has 0 atom stereocenters. The van der Waals surface area contributed by atoms with Crippen molar-refractivity contribution < 1.29 is 9.53 Å². The van der Waals surface area contributed by atoms with E-state index < -0.39 is 0 Å². The zero-order valence-electron chi connectivity index (χ0n) is 11.1. The first-order valence-electron chi connectivity index (χ1n) is 5.85. The molecular formula is C14H18N2O2. The Morgan fingerprint density at radius 3 is 2.50 bits per heavy atom. The SMILES string of the molecule is Cc1cc(C)cc(OCC(=O)N(C)CCC#N)c1. The number of hydrogen-bond donors (Lipinski definition) is 0. The van der Waals surface area contributed by atoms with Gasteiger partial charge >= 0.3 is 0 Å². The topological polar surface area (TPSA) is 53.3 Å². The highest BCUT2D eigenvalue weighted by molar-refractivity contribution is 5.77. The molecule has 0 fully saturated rings. The van der Waals surface area contributed by atoms with Gasteiger partial charge in [0.15, 0.2) is 6.61 Å². The average Bonchev–Trinajstić information content (AvgIpc) is 2.31. The van der Waals surface area contributed by atoms with Gasteiger partial charge < -0.3 is 9.64 Å². The van der Waals surface area contributed by atoms with E-state index in [1.54, 1.807) is 7.05 Å². The van der Waals surface area contributed by atoms with E-state index in [1.165, 1.54) is 4.90 Å². The normalized spacial score (nSPS) is 9.67. The van der Waals surface area contributed by atoms with Crippen molar-refractivity contribution in [3.05, 3.63) is 29.3 Å². The molecule has 0 N–H and O–H groups in total. The quantitative estimate of drug-likeness (QED) is 0.799. The second-order valence-corrected chi connectivity index (χ2v) is 4.34. The number of nitriles is 1. The van der Waals surface area contributed by atoms with Crippen LogP contribution in [0.1, 0.15) is 17.5 Å². The molecule has 0 bridgehead atoms. The number of hydrogen-bond acceptors (Lipinski definition) is 3. The lowest BCUT2D eigenvalue weighted by molar-refractivity contribution is -0.131. The van der Waals surface area contributed by atoms with Crippen molar-refractivity contribution in [3.63, 3.8) is 0 Å². The van der Waals surface area contributed by atoms with Gasteiger partial charge in [0.2, 0.25) is 0 Å². The Labute approximate surface area is 108 Å². The molecule has 0 aliphatic carbocycles. The second kappa shape index (κ2) is 6.65. The van der Waals surface area contributed by atoms with Crippen molar-refractivity contribution in [3.8, 4) is 11.8 Å². The molecular weight excluding hydrogens is 228 g/mol. The first-order chi connectivity index (χ1) is 8.52. The van der Waals surface area contributed by atoms with E-state index in [0.717, 1.165) is 11.1 Å². The fraction of sp³-hybridized carbons (Fsp3) is 0.429. The number of nitrogens with zero attached hydrogens (tertiary/aromatic N) is 2. The van der Waals surface area contributed by atoms with Crippen LogP contribution in [-0.4, -0.2) is 31.0 Å². The Morgan fingerprint density at radius 1 is 1.33 bits per heavy atom. The highest BCUT2D eigenvalue weighted by Gasteiger charge is 2.09. The van der Waals surface area contributed by atoms with E-state index in [4.69, 9.17) is 10.00 Å². The molecule has 1 aromatic carbocycles. The predicted molar refractivity (Wildman–Crippen MR) is 69.3 cm³/mol. The van der Waals surface area contributed by atoms with Gasteiger partial charge in [-0.25, -0.2) is 0 Å². The molecule has 4 heteroatoms. The van der Waals surface area contributed by atoms with Crippen molar-refractivity contribution in [2.45, 2.75) is 20.3 Å². The highest BCUT2D eigenvalue weighted by Crippen LogP contribution is 2.16. The Kier molecular flexibility index (Phi) is 5.19. The number of carbonyl (C=O) groups is 1. The summed E-state index contributed by atoms with van der Waals surface area (Å²) in [6.45, 7) is 4.41. The Morgan fingerprint density at radius 2 is 1.94 bits per heavy atom. The van der Waals surface area contributed by atoms with Gasteiger partial charge in [-0.3, -0.25) is 4.79 Å². The fourth-order valence-electron chi connectivity index (χ4n) is 1.61. The van der Waals surface area contributed by atoms with Gasteiger partial charge in [0.25, 0.3) is 5.91 Å². The number of rotatable bonds is 5. The molecule has 0 heterocycles. The summed E-state index contributed by atoms with van der Waals surface area (Å²) in [4.78, 5) is 13.2. The third kappa shape index (κ3) is 4.46. The zero-order valence-corrected chi connectivity index (χ0v) is 11.1. The molecule has 0 aliphatic heterocycles. The minimum atomic E-state index is -0.121. The maximum Gasteiger partial charge on any atom is 0.260 e. The van der Waals surface area contributed by atoms with Crippen LogP contribution in [0.3, 0.4) is 0 Å². The maximum absolute atomic E-state index is 11.7. The highest BCUT2D eigenvalue weighted by atomic mass is 16.5. The number of likely N-dealkylation sites (N-methyl/N-ethyl adjacent to an activating group) is 1. The van der Waals surface area contributed by atoms with Crippen LogP contribution in [0, 0.1) is 25.2 Å². The molecule has 0 saturated carbocycles. The van der Waals surface area contributed by atoms with E-state index >= 15 is 0 Å². The molecule has 0 radical (unpaired) electrons. The largest absolute Gasteiger partial charge is 0.484 e. The maximum atomic E-state index is 11.7. The van der Waals surface area contributed by atoms with Crippen LogP contribution >= 0.6 is 0 Å². The number of carbonyl (C=O) groups excluding carboxylic acids is 1. The summed E-state index contributed by atoms with van der Waals surface area (Å²) in [6, 6.07) is 7.85. The lowest BCUT2D eigenvalue weighted by Gasteiger charge is -2.16. The van der Waals surface area contributed by atoms with Crippen molar-refractivity contribution in [1.29, 1.82) is 5.26 Å². The first kappa shape index (κ1) is 14.0. The Bertz CT molecular complexity index is 443. The number of amides is 1. The van der Waals surface area contributed by atoms with Gasteiger partial charge in [0.05, 0.1) is 12.5 Å². The Balaban J connectivity index is 2.49. The van der Waals surface area contributed by atoms with Crippen LogP contribution < -0.4 is 4.74 Å². The Hall–Kier alpha value is -2.02. The second-order valence-electron chi connectivity index (χ2n) is 4.34. The lowest BCUT2D eigenvalue weighted by atomic mass is 10.1. The third-order valence-electron chi connectivity index (χ3n) is 2.54. The average molecular weight is 246 g/mol. The third-order valence-corrected chi connectivity index (χ3v) is 2.54. The number of ether oxygens (including phenoxy) is 1. The summed E-state index contributed by atoms with van der Waals surface area (Å²) in [5, 5.41) is 8.45. The van der Waals surface area contributed by atoms with Gasteiger partial charge in [-0.1, -0.05) is 6.07 Å². The molecule has 0 saturated heterocycles. The van der Waals surface area contributed by atoms with Crippen molar-refractivity contribution in [1.82, 2.24) is 4.90 Å². The van der Waals surface area contributed by atoms with Crippen LogP contribution in [0.2, 0.25) is 0 Å². The van der Waals surface area contributed by atoms with Gasteiger partial charge in [-0.15, -0.1) is 0 Å². The van der Waals surface area contributed by atoms with Crippen LogP contribution in [0.25, 0.3) is 0 Å². The summed E-state index contributed by atoms with van der Waals surface area (Å²) in [6.07, 6.45) is 0.339. The molecule has 18 heavy (non-hydrogen) atoms. The summed E-state index contributed by atoms with van der Waals surface area (Å²) in [7, 11) is 1.67. The van der Waals surface area contributed by atoms with E-state index in [2.05, 4.69) is 0 Å². The molecule has 0 unspecified atom stereocenters. The molecule has 0 spiro atoms. The van der Waals surface area contributed by atoms with E-state index in [0.29, 0.717) is 18.7 Å². The summed E-state index contributed by atoms with van der Waals surface area (Å²) < 4.78 is 5.46. The minimum absolute atomic E-state index is 0.00478. The van der Waals surface area contributed by atoms with Crippen LogP contribution in [0.4, 0.5) is 0 Å². The molecule has 0 aliphatic rings. The summed E-state index contributed by atoms with van der Waals surface area (Å²) in [5.74, 6) is 0.582. The van der Waals surface area contributed by atoms with Crippen LogP contribution in [0.5, 0.6) is 5.75 Å². The molecule has 1 aromatic rings. The lowest BCUT2D eigenvalue weighted by Crippen LogP contribution is -2.32. The number of benzene rings is 1. The van der Waals surface area contributed by atoms with Crippen molar-refractivity contribution >= 4 is 5.91 Å². The van der Waals surface area contributed by atoms with Gasteiger partial charge in [-0.05, 0) is 37.1 Å². The monoisotopic (exact) mass is 246 g/mol. The van der Waals surface area contributed by atoms with E-state index in [-0.39, 0.29) is 12.5 Å². The van der Waals surface area contributed by atoms with Crippen LogP contribution in [-0.2, 0) is 4.79 Å².